The Labute approximate surface area is 139 Å². The lowest BCUT2D eigenvalue weighted by atomic mass is 9.72. The van der Waals surface area contributed by atoms with Crippen molar-refractivity contribution in [1.29, 1.82) is 0 Å². The normalized spacial score (nSPS) is 32.4. The number of rotatable bonds is 2. The number of nitrogens with two attached hydrogens (primary N) is 1. The summed E-state index contributed by atoms with van der Waals surface area (Å²) in [4.78, 5) is 15.0. The van der Waals surface area contributed by atoms with E-state index in [9.17, 15) is 4.79 Å². The molecule has 1 amide bonds. The van der Waals surface area contributed by atoms with Crippen molar-refractivity contribution < 1.29 is 4.79 Å². The summed E-state index contributed by atoms with van der Waals surface area (Å²) < 4.78 is 0. The minimum atomic E-state index is 0.230. The average molecular weight is 312 g/mol. The molecule has 2 fully saturated rings. The molecule has 0 aromatic heterocycles. The van der Waals surface area contributed by atoms with E-state index < -0.39 is 0 Å². The van der Waals surface area contributed by atoms with Crippen LogP contribution in [0.25, 0.3) is 0 Å². The lowest BCUT2D eigenvalue weighted by Gasteiger charge is -2.37. The third kappa shape index (κ3) is 2.50. The lowest BCUT2D eigenvalue weighted by molar-refractivity contribution is -0.136. The van der Waals surface area contributed by atoms with Gasteiger partial charge < -0.3 is 10.6 Å². The van der Waals surface area contributed by atoms with Crippen LogP contribution in [0.2, 0.25) is 0 Å². The summed E-state index contributed by atoms with van der Waals surface area (Å²) in [5.74, 6) is 2.51. The van der Waals surface area contributed by atoms with Gasteiger partial charge in [-0.15, -0.1) is 0 Å². The fourth-order valence-electron chi connectivity index (χ4n) is 5.11. The Bertz CT molecular complexity index is 624. The van der Waals surface area contributed by atoms with Gasteiger partial charge in [0.2, 0.25) is 5.91 Å². The molecule has 1 unspecified atom stereocenters. The van der Waals surface area contributed by atoms with E-state index in [-0.39, 0.29) is 5.92 Å². The molecule has 0 radical (unpaired) electrons. The van der Waals surface area contributed by atoms with Gasteiger partial charge in [0.05, 0.1) is 0 Å². The molecule has 4 atom stereocenters. The van der Waals surface area contributed by atoms with Crippen molar-refractivity contribution in [3.63, 3.8) is 0 Å². The Morgan fingerprint density at radius 1 is 1.26 bits per heavy atom. The quantitative estimate of drug-likeness (QED) is 0.912. The number of carbonyl (C=O) groups is 1. The number of fused-ring (bicyclic) bond motifs is 2. The van der Waals surface area contributed by atoms with Crippen molar-refractivity contribution in [3.8, 4) is 0 Å². The Morgan fingerprint density at radius 2 is 2.09 bits per heavy atom. The van der Waals surface area contributed by atoms with Crippen LogP contribution < -0.4 is 5.73 Å². The predicted molar refractivity (Wildman–Crippen MR) is 91.9 cm³/mol. The zero-order valence-corrected chi connectivity index (χ0v) is 14.3. The largest absolute Gasteiger partial charge is 0.338 e. The van der Waals surface area contributed by atoms with Crippen molar-refractivity contribution in [3.05, 3.63) is 34.9 Å². The Morgan fingerprint density at radius 3 is 2.78 bits per heavy atom. The second-order valence-electron chi connectivity index (χ2n) is 8.14. The van der Waals surface area contributed by atoms with Crippen LogP contribution in [0.4, 0.5) is 0 Å². The monoisotopic (exact) mass is 312 g/mol. The zero-order valence-electron chi connectivity index (χ0n) is 14.3. The molecule has 2 N–H and O–H groups in total. The van der Waals surface area contributed by atoms with Crippen LogP contribution in [0.1, 0.15) is 55.7 Å². The average Bonchev–Trinajstić information content (AvgIpc) is 2.90. The maximum absolute atomic E-state index is 12.9. The van der Waals surface area contributed by atoms with E-state index in [0.717, 1.165) is 44.7 Å². The molecular formula is C20H28N2O. The maximum atomic E-state index is 12.9. The molecule has 23 heavy (non-hydrogen) atoms. The Hall–Kier alpha value is -1.35. The molecule has 1 aromatic carbocycles. The molecular weight excluding hydrogens is 284 g/mol. The fourth-order valence-corrected chi connectivity index (χ4v) is 5.11. The van der Waals surface area contributed by atoms with Gasteiger partial charge >= 0.3 is 0 Å². The van der Waals surface area contributed by atoms with Crippen molar-refractivity contribution in [2.45, 2.75) is 58.0 Å². The number of hydrogen-bond acceptors (Lipinski definition) is 2. The first-order chi connectivity index (χ1) is 11.0. The van der Waals surface area contributed by atoms with Crippen molar-refractivity contribution >= 4 is 5.91 Å². The van der Waals surface area contributed by atoms with Gasteiger partial charge in [-0.3, -0.25) is 4.79 Å². The van der Waals surface area contributed by atoms with Gasteiger partial charge in [0.15, 0.2) is 0 Å². The molecule has 2 saturated carbocycles. The molecule has 1 aliphatic heterocycles. The highest BCUT2D eigenvalue weighted by molar-refractivity contribution is 5.79. The van der Waals surface area contributed by atoms with Gasteiger partial charge in [-0.2, -0.15) is 0 Å². The van der Waals surface area contributed by atoms with E-state index in [4.69, 9.17) is 5.73 Å². The van der Waals surface area contributed by atoms with Gasteiger partial charge in [-0.25, -0.2) is 0 Å². The smallest absolute Gasteiger partial charge is 0.226 e. The second-order valence-corrected chi connectivity index (χ2v) is 8.14. The minimum absolute atomic E-state index is 0.230. The lowest BCUT2D eigenvalue weighted by Crippen LogP contribution is -2.44. The summed E-state index contributed by atoms with van der Waals surface area (Å²) in [5, 5.41) is 0. The molecule has 1 aromatic rings. The highest BCUT2D eigenvalue weighted by Gasteiger charge is 2.48. The predicted octanol–water partition coefficient (Wildman–Crippen LogP) is 3.07. The molecule has 3 heteroatoms. The molecule has 3 aliphatic rings. The standard InChI is InChI=1S/C20H28N2O/c1-12(2)16-5-3-4-13-11-22(7-6-17(13)16)20(23)15-8-14-10-19(21)18(14)9-15/h3-5,12,14-15,18-19H,6-11,21H2,1-2H3/t14-,15?,18-,19+/m1/s1. The van der Waals surface area contributed by atoms with Gasteiger partial charge in [0.25, 0.3) is 0 Å². The number of benzene rings is 1. The zero-order chi connectivity index (χ0) is 16.1. The summed E-state index contributed by atoms with van der Waals surface area (Å²) in [7, 11) is 0. The molecule has 0 spiro atoms. The van der Waals surface area contributed by atoms with Crippen LogP contribution in [0.15, 0.2) is 18.2 Å². The first-order valence-electron chi connectivity index (χ1n) is 9.19. The summed E-state index contributed by atoms with van der Waals surface area (Å²) in [5.41, 5.74) is 10.4. The van der Waals surface area contributed by atoms with Gasteiger partial charge in [0.1, 0.15) is 0 Å². The van der Waals surface area contributed by atoms with Crippen LogP contribution in [0, 0.1) is 17.8 Å². The van der Waals surface area contributed by atoms with Gasteiger partial charge in [-0.1, -0.05) is 32.0 Å². The topological polar surface area (TPSA) is 46.3 Å². The van der Waals surface area contributed by atoms with Gasteiger partial charge in [-0.05, 0) is 60.1 Å². The molecule has 1 heterocycles. The van der Waals surface area contributed by atoms with E-state index in [1.165, 1.54) is 16.7 Å². The first kappa shape index (κ1) is 15.2. The summed E-state index contributed by atoms with van der Waals surface area (Å²) >= 11 is 0. The van der Waals surface area contributed by atoms with Crippen LogP contribution in [0.5, 0.6) is 0 Å². The molecule has 0 saturated heterocycles. The van der Waals surface area contributed by atoms with E-state index in [0.29, 0.717) is 23.8 Å². The number of carbonyl (C=O) groups excluding carboxylic acids is 1. The Balaban J connectivity index is 1.48. The van der Waals surface area contributed by atoms with E-state index in [1.54, 1.807) is 0 Å². The highest BCUT2D eigenvalue weighted by atomic mass is 16.2. The summed E-state index contributed by atoms with van der Waals surface area (Å²) in [6, 6.07) is 6.96. The van der Waals surface area contributed by atoms with Crippen LogP contribution in [-0.2, 0) is 17.8 Å². The third-order valence-electron chi connectivity index (χ3n) is 6.46. The maximum Gasteiger partial charge on any atom is 0.226 e. The third-order valence-corrected chi connectivity index (χ3v) is 6.46. The Kier molecular flexibility index (Phi) is 3.72. The van der Waals surface area contributed by atoms with E-state index >= 15 is 0 Å². The molecule has 4 rings (SSSR count). The first-order valence-corrected chi connectivity index (χ1v) is 9.19. The van der Waals surface area contributed by atoms with E-state index in [1.807, 2.05) is 0 Å². The molecule has 2 aliphatic carbocycles. The SMILES string of the molecule is CC(C)c1cccc2c1CCN(C(=O)C1C[C@@H]3C[C@H](N)[C@@H]3C1)C2. The van der Waals surface area contributed by atoms with Crippen LogP contribution in [-0.4, -0.2) is 23.4 Å². The number of amides is 1. The summed E-state index contributed by atoms with van der Waals surface area (Å²) in [6.07, 6.45) is 4.25. The van der Waals surface area contributed by atoms with Crippen LogP contribution in [0.3, 0.4) is 0 Å². The highest BCUT2D eigenvalue weighted by Crippen LogP contribution is 2.49. The summed E-state index contributed by atoms with van der Waals surface area (Å²) in [6.45, 7) is 6.19. The molecule has 124 valence electrons. The number of hydrogen-bond donors (Lipinski definition) is 1. The van der Waals surface area contributed by atoms with Crippen molar-refractivity contribution in [2.75, 3.05) is 6.54 Å². The molecule has 0 bridgehead atoms. The van der Waals surface area contributed by atoms with Crippen LogP contribution >= 0.6 is 0 Å². The van der Waals surface area contributed by atoms with E-state index in [2.05, 4.69) is 36.9 Å². The fraction of sp³-hybridized carbons (Fsp3) is 0.650. The van der Waals surface area contributed by atoms with Gasteiger partial charge in [0, 0.05) is 25.0 Å². The minimum Gasteiger partial charge on any atom is -0.338 e. The second kappa shape index (κ2) is 5.62. The molecule has 3 nitrogen and oxygen atoms in total. The van der Waals surface area contributed by atoms with Crippen molar-refractivity contribution in [1.82, 2.24) is 4.90 Å². The number of nitrogens with zero attached hydrogens (tertiary/aromatic N) is 1. The van der Waals surface area contributed by atoms with Crippen molar-refractivity contribution in [2.24, 2.45) is 23.5 Å².